The van der Waals surface area contributed by atoms with E-state index in [0.29, 0.717) is 12.0 Å². The Kier molecular flexibility index (Phi) is 3.09. The van der Waals surface area contributed by atoms with Gasteiger partial charge in [-0.05, 0) is 17.7 Å². The molecular weight excluding hydrogens is 254 g/mol. The Morgan fingerprint density at radius 1 is 1.22 bits per heavy atom. The lowest BCUT2D eigenvalue weighted by atomic mass is 10.1. The highest BCUT2D eigenvalue weighted by Gasteiger charge is 2.15. The number of halogens is 2. The first-order valence-corrected chi connectivity index (χ1v) is 6.65. The van der Waals surface area contributed by atoms with Crippen molar-refractivity contribution in [2.24, 2.45) is 0 Å². The van der Waals surface area contributed by atoms with E-state index in [-0.39, 0.29) is 0 Å². The van der Waals surface area contributed by atoms with Gasteiger partial charge in [0.2, 0.25) is 0 Å². The van der Waals surface area contributed by atoms with Crippen LogP contribution >= 0.6 is 11.3 Å². The van der Waals surface area contributed by atoms with Gasteiger partial charge in [0, 0.05) is 36.9 Å². The van der Waals surface area contributed by atoms with Crippen molar-refractivity contribution in [3.63, 3.8) is 0 Å². The van der Waals surface area contributed by atoms with E-state index in [0.717, 1.165) is 36.3 Å². The lowest BCUT2D eigenvalue weighted by Crippen LogP contribution is -2.22. The molecule has 2 nitrogen and oxygen atoms in total. The average molecular weight is 266 g/mol. The van der Waals surface area contributed by atoms with Gasteiger partial charge in [-0.1, -0.05) is 0 Å². The maximum Gasteiger partial charge on any atom is 0.126 e. The van der Waals surface area contributed by atoms with Crippen LogP contribution in [0.15, 0.2) is 18.2 Å². The summed E-state index contributed by atoms with van der Waals surface area (Å²) in [5.41, 5.74) is 1.76. The smallest absolute Gasteiger partial charge is 0.126 e. The van der Waals surface area contributed by atoms with Crippen molar-refractivity contribution < 1.29 is 8.78 Å². The molecule has 5 heteroatoms. The van der Waals surface area contributed by atoms with Crippen molar-refractivity contribution in [3.8, 4) is 0 Å². The molecule has 0 saturated heterocycles. The number of fused-ring (bicyclic) bond motifs is 1. The summed E-state index contributed by atoms with van der Waals surface area (Å²) < 4.78 is 26.2. The van der Waals surface area contributed by atoms with Gasteiger partial charge in [-0.3, -0.25) is 0 Å². The normalized spacial score (nSPS) is 14.6. The van der Waals surface area contributed by atoms with E-state index < -0.39 is 11.6 Å². The van der Waals surface area contributed by atoms with Crippen molar-refractivity contribution >= 4 is 11.3 Å². The van der Waals surface area contributed by atoms with Gasteiger partial charge >= 0.3 is 0 Å². The van der Waals surface area contributed by atoms with Crippen molar-refractivity contribution in [1.29, 1.82) is 0 Å². The second-order valence-electron chi connectivity index (χ2n) is 4.36. The van der Waals surface area contributed by atoms with Crippen molar-refractivity contribution in [2.45, 2.75) is 19.4 Å². The van der Waals surface area contributed by atoms with Crippen LogP contribution in [0, 0.1) is 11.6 Å². The lowest BCUT2D eigenvalue weighted by Gasteiger charge is -2.09. The van der Waals surface area contributed by atoms with Gasteiger partial charge in [-0.15, -0.1) is 11.3 Å². The average Bonchev–Trinajstić information content (AvgIpc) is 2.69. The summed E-state index contributed by atoms with van der Waals surface area (Å²) in [6, 6.07) is 3.61. The molecule has 1 aromatic heterocycles. The topological polar surface area (TPSA) is 24.9 Å². The van der Waals surface area contributed by atoms with Crippen LogP contribution in [0.4, 0.5) is 8.78 Å². The summed E-state index contributed by atoms with van der Waals surface area (Å²) in [5, 5.41) is 4.21. The summed E-state index contributed by atoms with van der Waals surface area (Å²) in [6.07, 6.45) is 1.43. The summed E-state index contributed by atoms with van der Waals surface area (Å²) in [4.78, 5) is 5.78. The fourth-order valence-corrected chi connectivity index (χ4v) is 3.26. The van der Waals surface area contributed by atoms with Crippen LogP contribution in [-0.4, -0.2) is 11.5 Å². The molecule has 3 rings (SSSR count). The third-order valence-corrected chi connectivity index (χ3v) is 4.02. The number of rotatable bonds is 2. The lowest BCUT2D eigenvalue weighted by molar-refractivity contribution is 0.580. The summed E-state index contributed by atoms with van der Waals surface area (Å²) in [7, 11) is 0. The number of nitrogens with zero attached hydrogens (tertiary/aromatic N) is 1. The highest BCUT2D eigenvalue weighted by molar-refractivity contribution is 7.11. The standard InChI is InChI=1S/C13H12F2N2S/c14-9-3-8(4-10(15)6-9)5-13-17-11-1-2-16-7-12(11)18-13/h3-4,6,16H,1-2,5,7H2. The minimum Gasteiger partial charge on any atom is -0.311 e. The van der Waals surface area contributed by atoms with Crippen molar-refractivity contribution in [1.82, 2.24) is 10.3 Å². The number of benzene rings is 1. The van der Waals surface area contributed by atoms with Gasteiger partial charge in [0.1, 0.15) is 11.6 Å². The molecule has 1 aromatic carbocycles. The Morgan fingerprint density at radius 2 is 2.00 bits per heavy atom. The second-order valence-corrected chi connectivity index (χ2v) is 5.53. The third-order valence-electron chi connectivity index (χ3n) is 2.92. The molecule has 0 aliphatic carbocycles. The van der Waals surface area contributed by atoms with E-state index in [4.69, 9.17) is 0 Å². The van der Waals surface area contributed by atoms with Crippen LogP contribution in [0.3, 0.4) is 0 Å². The summed E-state index contributed by atoms with van der Waals surface area (Å²) in [6.45, 7) is 1.80. The molecule has 0 unspecified atom stereocenters. The molecule has 0 bridgehead atoms. The Hall–Kier alpha value is -1.33. The minimum atomic E-state index is -0.534. The Balaban J connectivity index is 1.85. The van der Waals surface area contributed by atoms with Crippen molar-refractivity contribution in [2.75, 3.05) is 6.54 Å². The van der Waals surface area contributed by atoms with E-state index in [9.17, 15) is 8.78 Å². The maximum atomic E-state index is 13.1. The largest absolute Gasteiger partial charge is 0.311 e. The molecule has 2 heterocycles. The summed E-state index contributed by atoms with van der Waals surface area (Å²) in [5.74, 6) is -1.07. The van der Waals surface area contributed by atoms with Crippen molar-refractivity contribution in [3.05, 3.63) is 51.0 Å². The van der Waals surface area contributed by atoms with E-state index in [1.807, 2.05) is 0 Å². The SMILES string of the molecule is Fc1cc(F)cc(Cc2nc3c(s2)CNCC3)c1. The molecule has 1 N–H and O–H groups in total. The number of hydrogen-bond acceptors (Lipinski definition) is 3. The predicted molar refractivity (Wildman–Crippen MR) is 66.7 cm³/mol. The van der Waals surface area contributed by atoms with E-state index >= 15 is 0 Å². The summed E-state index contributed by atoms with van der Waals surface area (Å²) >= 11 is 1.62. The van der Waals surface area contributed by atoms with Crippen LogP contribution < -0.4 is 5.32 Å². The highest BCUT2D eigenvalue weighted by atomic mass is 32.1. The fraction of sp³-hybridized carbons (Fsp3) is 0.308. The molecule has 0 amide bonds. The molecule has 0 radical (unpaired) electrons. The number of nitrogens with one attached hydrogen (secondary N) is 1. The van der Waals surface area contributed by atoms with Gasteiger partial charge in [-0.2, -0.15) is 0 Å². The number of thiazole rings is 1. The third kappa shape index (κ3) is 2.42. The molecule has 1 aliphatic heterocycles. The van der Waals surface area contributed by atoms with Crippen LogP contribution in [0.2, 0.25) is 0 Å². The molecule has 0 saturated carbocycles. The van der Waals surface area contributed by atoms with Crippen LogP contribution in [-0.2, 0) is 19.4 Å². The second kappa shape index (κ2) is 4.74. The quantitative estimate of drug-likeness (QED) is 0.904. The van der Waals surface area contributed by atoms with E-state index in [1.165, 1.54) is 17.0 Å². The molecule has 18 heavy (non-hydrogen) atoms. The first-order valence-electron chi connectivity index (χ1n) is 5.84. The van der Waals surface area contributed by atoms with E-state index in [1.54, 1.807) is 11.3 Å². The zero-order chi connectivity index (χ0) is 12.5. The zero-order valence-electron chi connectivity index (χ0n) is 9.67. The Bertz CT molecular complexity index is 537. The first-order chi connectivity index (χ1) is 8.70. The van der Waals surface area contributed by atoms with Gasteiger partial charge in [0.05, 0.1) is 10.7 Å². The monoisotopic (exact) mass is 266 g/mol. The molecule has 0 spiro atoms. The maximum absolute atomic E-state index is 13.1. The number of aromatic nitrogens is 1. The minimum absolute atomic E-state index is 0.492. The van der Waals surface area contributed by atoms with Crippen LogP contribution in [0.5, 0.6) is 0 Å². The zero-order valence-corrected chi connectivity index (χ0v) is 10.5. The van der Waals surface area contributed by atoms with Gasteiger partial charge in [-0.25, -0.2) is 13.8 Å². The number of hydrogen-bond donors (Lipinski definition) is 1. The highest BCUT2D eigenvalue weighted by Crippen LogP contribution is 2.24. The van der Waals surface area contributed by atoms with Gasteiger partial charge in [0.25, 0.3) is 0 Å². The Morgan fingerprint density at radius 3 is 2.72 bits per heavy atom. The molecule has 94 valence electrons. The molecular formula is C13H12F2N2S. The predicted octanol–water partition coefficient (Wildman–Crippen LogP) is 2.66. The molecule has 2 aromatic rings. The van der Waals surface area contributed by atoms with Crippen LogP contribution in [0.25, 0.3) is 0 Å². The van der Waals surface area contributed by atoms with E-state index in [2.05, 4.69) is 10.3 Å². The first kappa shape index (κ1) is 11.7. The van der Waals surface area contributed by atoms with Gasteiger partial charge < -0.3 is 5.32 Å². The van der Waals surface area contributed by atoms with Gasteiger partial charge in [0.15, 0.2) is 0 Å². The molecule has 0 atom stereocenters. The molecule has 0 fully saturated rings. The van der Waals surface area contributed by atoms with Crippen LogP contribution in [0.1, 0.15) is 21.1 Å². The molecule has 1 aliphatic rings. The fourth-order valence-electron chi connectivity index (χ4n) is 2.14. The Labute approximate surface area is 108 Å².